The van der Waals surface area contributed by atoms with Crippen molar-refractivity contribution in [2.45, 2.75) is 6.54 Å². The molecule has 1 aromatic carbocycles. The summed E-state index contributed by atoms with van der Waals surface area (Å²) in [6.07, 6.45) is 0. The maximum Gasteiger partial charge on any atom is 0.226 e. The highest BCUT2D eigenvalue weighted by Gasteiger charge is 2.18. The van der Waals surface area contributed by atoms with E-state index in [-0.39, 0.29) is 26.4 Å². The highest BCUT2D eigenvalue weighted by atomic mass is 16.3. The van der Waals surface area contributed by atoms with Gasteiger partial charge in [0.05, 0.1) is 26.4 Å². The molecule has 11 heteroatoms. The average Bonchev–Trinajstić information content (AvgIpc) is 3.11. The predicted molar refractivity (Wildman–Crippen MR) is 112 cm³/mol. The molecule has 0 fully saturated rings. The van der Waals surface area contributed by atoms with Gasteiger partial charge in [0, 0.05) is 19.6 Å². The second kappa shape index (κ2) is 10.4. The Labute approximate surface area is 167 Å². The molecule has 11 nitrogen and oxygen atoms in total. The summed E-state index contributed by atoms with van der Waals surface area (Å²) in [5, 5.41) is 36.7. The number of nitrogens with zero attached hydrogens (tertiary/aromatic N) is 4. The number of benzene rings is 1. The summed E-state index contributed by atoms with van der Waals surface area (Å²) in [4.78, 5) is 13.6. The van der Waals surface area contributed by atoms with Crippen molar-refractivity contribution in [1.29, 1.82) is 0 Å². The number of aliphatic hydroxyl groups excluding tert-OH is 3. The minimum absolute atomic E-state index is 0.0560. The van der Waals surface area contributed by atoms with Gasteiger partial charge in [0.25, 0.3) is 0 Å². The second-order valence-corrected chi connectivity index (χ2v) is 6.11. The maximum atomic E-state index is 9.20. The van der Waals surface area contributed by atoms with E-state index in [1.165, 1.54) is 0 Å². The monoisotopic (exact) mass is 402 g/mol. The number of aliphatic hydroxyl groups is 3. The van der Waals surface area contributed by atoms with Gasteiger partial charge < -0.3 is 36.7 Å². The van der Waals surface area contributed by atoms with Crippen molar-refractivity contribution in [2.24, 2.45) is 0 Å². The van der Waals surface area contributed by atoms with Gasteiger partial charge >= 0.3 is 0 Å². The number of anilines is 3. The first-order chi connectivity index (χ1) is 14.3. The van der Waals surface area contributed by atoms with E-state index in [9.17, 15) is 5.11 Å². The summed E-state index contributed by atoms with van der Waals surface area (Å²) in [5.74, 6) is 1.30. The van der Waals surface area contributed by atoms with Gasteiger partial charge in [-0.15, -0.1) is 0 Å². The number of rotatable bonds is 12. The molecule has 0 saturated carbocycles. The van der Waals surface area contributed by atoms with Gasteiger partial charge in [-0.2, -0.15) is 9.97 Å². The Morgan fingerprint density at radius 3 is 2.24 bits per heavy atom. The maximum absolute atomic E-state index is 9.20. The molecule has 0 aliphatic rings. The van der Waals surface area contributed by atoms with Crippen molar-refractivity contribution in [2.75, 3.05) is 60.8 Å². The lowest BCUT2D eigenvalue weighted by Crippen LogP contribution is -2.22. The molecule has 0 spiro atoms. The van der Waals surface area contributed by atoms with Crippen molar-refractivity contribution in [3.05, 3.63) is 35.9 Å². The summed E-state index contributed by atoms with van der Waals surface area (Å²) in [5.41, 5.74) is 5.15. The third kappa shape index (κ3) is 5.22. The number of hydrogen-bond acceptors (Lipinski definition) is 10. The van der Waals surface area contributed by atoms with Gasteiger partial charge in [0.1, 0.15) is 0 Å². The summed E-state index contributed by atoms with van der Waals surface area (Å²) in [6, 6.07) is 9.89. The molecular formula is C18H26N8O3. The van der Waals surface area contributed by atoms with Gasteiger partial charge in [0.2, 0.25) is 11.9 Å². The van der Waals surface area contributed by atoms with E-state index in [0.29, 0.717) is 48.5 Å². The molecule has 0 aliphatic carbocycles. The van der Waals surface area contributed by atoms with E-state index in [0.717, 1.165) is 5.56 Å². The van der Waals surface area contributed by atoms with Crippen molar-refractivity contribution in [3.63, 3.8) is 0 Å². The van der Waals surface area contributed by atoms with Gasteiger partial charge in [-0.3, -0.25) is 0 Å². The third-order valence-corrected chi connectivity index (χ3v) is 3.98. The molecule has 0 amide bonds. The quantitative estimate of drug-likeness (QED) is 0.216. The van der Waals surface area contributed by atoms with Crippen LogP contribution >= 0.6 is 0 Å². The van der Waals surface area contributed by atoms with Crippen LogP contribution in [0, 0.1) is 0 Å². The molecule has 0 unspecified atom stereocenters. The molecule has 7 N–H and O–H groups in total. The second-order valence-electron chi connectivity index (χ2n) is 6.11. The number of imidazole rings is 1. The van der Waals surface area contributed by atoms with Crippen molar-refractivity contribution >= 4 is 28.9 Å². The number of hydrogen-bond donors (Lipinski definition) is 7. The Morgan fingerprint density at radius 1 is 0.793 bits per heavy atom. The van der Waals surface area contributed by atoms with Crippen LogP contribution in [0.25, 0.3) is 11.2 Å². The minimum atomic E-state index is -0.0705. The molecule has 2 aromatic heterocycles. The molecule has 3 rings (SSSR count). The lowest BCUT2D eigenvalue weighted by atomic mass is 10.2. The highest BCUT2D eigenvalue weighted by molar-refractivity contribution is 5.87. The molecule has 0 bridgehead atoms. The first-order valence-electron chi connectivity index (χ1n) is 9.39. The molecule has 29 heavy (non-hydrogen) atoms. The Kier molecular flexibility index (Phi) is 7.39. The third-order valence-electron chi connectivity index (χ3n) is 3.98. The first-order valence-corrected chi connectivity index (χ1v) is 9.39. The lowest BCUT2D eigenvalue weighted by Gasteiger charge is -2.12. The van der Waals surface area contributed by atoms with E-state index in [1.54, 1.807) is 4.68 Å². The van der Waals surface area contributed by atoms with E-state index in [4.69, 9.17) is 10.2 Å². The number of aromatic nitrogens is 4. The normalized spacial score (nSPS) is 10.9. The number of fused-ring (bicyclic) bond motifs is 1. The van der Waals surface area contributed by atoms with Crippen LogP contribution in [0.5, 0.6) is 0 Å². The average molecular weight is 402 g/mol. The lowest BCUT2D eigenvalue weighted by molar-refractivity contribution is 0.306. The summed E-state index contributed by atoms with van der Waals surface area (Å²) in [6.45, 7) is 1.26. The van der Waals surface area contributed by atoms with Crippen LogP contribution in [0.15, 0.2) is 30.3 Å². The molecule has 156 valence electrons. The Balaban J connectivity index is 2.00. The fourth-order valence-electron chi connectivity index (χ4n) is 2.71. The van der Waals surface area contributed by atoms with Crippen LogP contribution < -0.4 is 21.4 Å². The van der Waals surface area contributed by atoms with E-state index >= 15 is 0 Å². The van der Waals surface area contributed by atoms with Crippen LogP contribution in [-0.2, 0) is 6.54 Å². The zero-order valence-electron chi connectivity index (χ0n) is 16.0. The summed E-state index contributed by atoms with van der Waals surface area (Å²) >= 11 is 0. The van der Waals surface area contributed by atoms with Gasteiger partial charge in [-0.05, 0) is 5.56 Å². The molecular weight excluding hydrogens is 376 g/mol. The fraction of sp³-hybridized carbons (Fsp3) is 0.389. The standard InChI is InChI=1S/C18H26N8O3/c27-9-6-19-17-24-15(21-12-13-4-2-1-3-5-13)14-16(25-17)26(22-8-11-29)18(23-14)20-7-10-28/h1-5,22,27-29H,6-12H2,(H,20,23)(H2,19,21,24,25). The Bertz CT molecular complexity index is 903. The van der Waals surface area contributed by atoms with Crippen molar-refractivity contribution in [1.82, 2.24) is 19.6 Å². The SMILES string of the molecule is OCCNc1nc(NCc2ccccc2)c2nc(NCCO)n(NCCO)c2n1. The molecule has 3 aromatic rings. The van der Waals surface area contributed by atoms with E-state index < -0.39 is 0 Å². The molecule has 0 radical (unpaired) electrons. The van der Waals surface area contributed by atoms with Gasteiger partial charge in [-0.1, -0.05) is 30.3 Å². The highest BCUT2D eigenvalue weighted by Crippen LogP contribution is 2.25. The molecule has 0 saturated heterocycles. The zero-order chi connectivity index (χ0) is 20.5. The Morgan fingerprint density at radius 2 is 1.52 bits per heavy atom. The van der Waals surface area contributed by atoms with Crippen LogP contribution in [0.4, 0.5) is 17.7 Å². The topological polar surface area (TPSA) is 152 Å². The molecule has 0 aliphatic heterocycles. The van der Waals surface area contributed by atoms with Crippen LogP contribution in [0.2, 0.25) is 0 Å². The fourth-order valence-corrected chi connectivity index (χ4v) is 2.71. The summed E-state index contributed by atoms with van der Waals surface area (Å²) < 4.78 is 1.61. The smallest absolute Gasteiger partial charge is 0.226 e. The van der Waals surface area contributed by atoms with E-state index in [2.05, 4.69) is 36.3 Å². The first kappa shape index (κ1) is 20.6. The van der Waals surface area contributed by atoms with Gasteiger partial charge in [0.15, 0.2) is 17.0 Å². The van der Waals surface area contributed by atoms with Gasteiger partial charge in [-0.25, -0.2) is 9.66 Å². The van der Waals surface area contributed by atoms with Crippen LogP contribution in [0.1, 0.15) is 5.56 Å². The predicted octanol–water partition coefficient (Wildman–Crippen LogP) is -0.217. The zero-order valence-corrected chi connectivity index (χ0v) is 16.0. The van der Waals surface area contributed by atoms with Crippen LogP contribution in [0.3, 0.4) is 0 Å². The minimum Gasteiger partial charge on any atom is -0.395 e. The molecule has 2 heterocycles. The summed E-state index contributed by atoms with van der Waals surface area (Å²) in [7, 11) is 0. The number of nitrogens with one attached hydrogen (secondary N) is 4. The van der Waals surface area contributed by atoms with Crippen molar-refractivity contribution in [3.8, 4) is 0 Å². The van der Waals surface area contributed by atoms with Crippen molar-refractivity contribution < 1.29 is 15.3 Å². The molecule has 0 atom stereocenters. The van der Waals surface area contributed by atoms with E-state index in [1.807, 2.05) is 30.3 Å². The van der Waals surface area contributed by atoms with Crippen LogP contribution in [-0.4, -0.2) is 74.4 Å². The largest absolute Gasteiger partial charge is 0.395 e. The Hall–Kier alpha value is -3.15.